The van der Waals surface area contributed by atoms with Crippen LogP contribution in [0, 0.1) is 5.82 Å². The number of ether oxygens (including phenoxy) is 1. The van der Waals surface area contributed by atoms with Crippen LogP contribution in [0.25, 0.3) is 0 Å². The van der Waals surface area contributed by atoms with Crippen LogP contribution in [-0.4, -0.2) is 60.6 Å². The smallest absolute Gasteiger partial charge is 0.222 e. The SMILES string of the molecule is COc1ccc(F)c(C[C@@]2(CCC(=O)N3CCN(c4ccc(O)cc4)CC3)CCC(=O)N2)c1. The van der Waals surface area contributed by atoms with Gasteiger partial charge in [-0.05, 0) is 67.3 Å². The average molecular weight is 456 g/mol. The van der Waals surface area contributed by atoms with Crippen LogP contribution in [0.15, 0.2) is 42.5 Å². The number of carbonyl (C=O) groups is 2. The van der Waals surface area contributed by atoms with Crippen molar-refractivity contribution >= 4 is 17.5 Å². The fourth-order valence-electron chi connectivity index (χ4n) is 4.74. The predicted molar refractivity (Wildman–Crippen MR) is 123 cm³/mol. The molecule has 0 unspecified atom stereocenters. The van der Waals surface area contributed by atoms with E-state index in [-0.39, 0.29) is 23.4 Å². The molecular formula is C25H30FN3O4. The maximum absolute atomic E-state index is 14.5. The van der Waals surface area contributed by atoms with Gasteiger partial charge in [0, 0.05) is 50.2 Å². The van der Waals surface area contributed by atoms with Crippen molar-refractivity contribution in [2.75, 3.05) is 38.2 Å². The van der Waals surface area contributed by atoms with E-state index >= 15 is 0 Å². The van der Waals surface area contributed by atoms with Crippen molar-refractivity contribution in [3.63, 3.8) is 0 Å². The Morgan fingerprint density at radius 3 is 2.52 bits per heavy atom. The summed E-state index contributed by atoms with van der Waals surface area (Å²) in [7, 11) is 1.53. The molecule has 2 aliphatic heterocycles. The zero-order chi connectivity index (χ0) is 23.4. The largest absolute Gasteiger partial charge is 0.508 e. The molecule has 2 aliphatic rings. The Labute approximate surface area is 193 Å². The standard InChI is InChI=1S/C25H30FN3O4/c1-33-21-6-7-22(26)18(16-21)17-25(10-8-23(31)27-25)11-9-24(32)29-14-12-28(13-15-29)19-2-4-20(30)5-3-19/h2-7,16,30H,8-15,17H2,1H3,(H,27,31)/t25-/m0/s1. The van der Waals surface area contributed by atoms with Crippen molar-refractivity contribution < 1.29 is 23.8 Å². The molecule has 0 aromatic heterocycles. The molecule has 2 amide bonds. The van der Waals surface area contributed by atoms with Crippen LogP contribution in [0.3, 0.4) is 0 Å². The average Bonchev–Trinajstić information content (AvgIpc) is 3.20. The molecule has 2 fully saturated rings. The van der Waals surface area contributed by atoms with Crippen molar-refractivity contribution in [1.29, 1.82) is 0 Å². The zero-order valence-electron chi connectivity index (χ0n) is 18.8. The van der Waals surface area contributed by atoms with E-state index < -0.39 is 5.54 Å². The Bertz CT molecular complexity index is 1010. The first-order chi connectivity index (χ1) is 15.9. The number of amides is 2. The molecule has 4 rings (SSSR count). The second kappa shape index (κ2) is 9.68. The lowest BCUT2D eigenvalue weighted by molar-refractivity contribution is -0.132. The van der Waals surface area contributed by atoms with Gasteiger partial charge in [-0.2, -0.15) is 0 Å². The Balaban J connectivity index is 1.36. The number of piperazine rings is 1. The van der Waals surface area contributed by atoms with Crippen LogP contribution in [0.2, 0.25) is 0 Å². The number of hydrogen-bond acceptors (Lipinski definition) is 5. The van der Waals surface area contributed by atoms with Gasteiger partial charge < -0.3 is 25.0 Å². The molecule has 8 heteroatoms. The zero-order valence-corrected chi connectivity index (χ0v) is 18.8. The molecule has 2 aromatic carbocycles. The van der Waals surface area contributed by atoms with Crippen molar-refractivity contribution in [2.24, 2.45) is 0 Å². The lowest BCUT2D eigenvalue weighted by Gasteiger charge is -2.37. The summed E-state index contributed by atoms with van der Waals surface area (Å²) in [5.41, 5.74) is 0.868. The number of rotatable bonds is 7. The molecule has 0 spiro atoms. The molecule has 7 nitrogen and oxygen atoms in total. The van der Waals surface area contributed by atoms with E-state index in [1.54, 1.807) is 24.3 Å². The highest BCUT2D eigenvalue weighted by atomic mass is 19.1. The van der Waals surface area contributed by atoms with Gasteiger partial charge in [0.1, 0.15) is 17.3 Å². The molecule has 0 aliphatic carbocycles. The topological polar surface area (TPSA) is 82.1 Å². The molecule has 2 N–H and O–H groups in total. The van der Waals surface area contributed by atoms with E-state index in [0.29, 0.717) is 69.6 Å². The van der Waals surface area contributed by atoms with Crippen LogP contribution in [0.1, 0.15) is 31.2 Å². The number of nitrogens with zero attached hydrogens (tertiary/aromatic N) is 2. The Morgan fingerprint density at radius 2 is 1.88 bits per heavy atom. The molecule has 176 valence electrons. The van der Waals surface area contributed by atoms with E-state index in [9.17, 15) is 19.1 Å². The molecular weight excluding hydrogens is 425 g/mol. The fourth-order valence-corrected chi connectivity index (χ4v) is 4.74. The quantitative estimate of drug-likeness (QED) is 0.671. The maximum Gasteiger partial charge on any atom is 0.222 e. The van der Waals surface area contributed by atoms with E-state index in [4.69, 9.17) is 4.74 Å². The fraction of sp³-hybridized carbons (Fsp3) is 0.440. The summed E-state index contributed by atoms with van der Waals surface area (Å²) >= 11 is 0. The summed E-state index contributed by atoms with van der Waals surface area (Å²) in [5, 5.41) is 12.5. The Morgan fingerprint density at radius 1 is 1.15 bits per heavy atom. The summed E-state index contributed by atoms with van der Waals surface area (Å²) in [4.78, 5) is 29.0. The van der Waals surface area contributed by atoms with E-state index in [1.165, 1.54) is 13.2 Å². The third-order valence-corrected chi connectivity index (χ3v) is 6.68. The second-order valence-corrected chi connectivity index (χ2v) is 8.85. The van der Waals surface area contributed by atoms with Crippen molar-refractivity contribution in [1.82, 2.24) is 10.2 Å². The number of nitrogens with one attached hydrogen (secondary N) is 1. The molecule has 2 heterocycles. The minimum absolute atomic E-state index is 0.0481. The molecule has 0 saturated carbocycles. The van der Waals surface area contributed by atoms with Gasteiger partial charge in [0.05, 0.1) is 7.11 Å². The van der Waals surface area contributed by atoms with Crippen molar-refractivity contribution in [3.05, 3.63) is 53.8 Å². The minimum Gasteiger partial charge on any atom is -0.508 e. The number of halogens is 1. The van der Waals surface area contributed by atoms with E-state index in [0.717, 1.165) is 5.69 Å². The van der Waals surface area contributed by atoms with Gasteiger partial charge in [-0.1, -0.05) is 0 Å². The Hall–Kier alpha value is -3.29. The highest BCUT2D eigenvalue weighted by Crippen LogP contribution is 2.32. The van der Waals surface area contributed by atoms with Crippen molar-refractivity contribution in [2.45, 2.75) is 37.6 Å². The summed E-state index contributed by atoms with van der Waals surface area (Å²) in [6.07, 6.45) is 2.04. The molecule has 0 bridgehead atoms. The lowest BCUT2D eigenvalue weighted by Crippen LogP contribution is -2.50. The van der Waals surface area contributed by atoms with Gasteiger partial charge in [0.25, 0.3) is 0 Å². The highest BCUT2D eigenvalue weighted by molar-refractivity contribution is 5.80. The summed E-state index contributed by atoms with van der Waals surface area (Å²) < 4.78 is 19.7. The monoisotopic (exact) mass is 455 g/mol. The van der Waals surface area contributed by atoms with Gasteiger partial charge in [-0.15, -0.1) is 0 Å². The van der Waals surface area contributed by atoms with Gasteiger partial charge in [-0.25, -0.2) is 4.39 Å². The van der Waals surface area contributed by atoms with Gasteiger partial charge in [0.2, 0.25) is 11.8 Å². The summed E-state index contributed by atoms with van der Waals surface area (Å²) in [6, 6.07) is 11.7. The number of carbonyl (C=O) groups excluding carboxylic acids is 2. The van der Waals surface area contributed by atoms with Crippen LogP contribution >= 0.6 is 0 Å². The molecule has 1 atom stereocenters. The highest BCUT2D eigenvalue weighted by Gasteiger charge is 2.39. The molecule has 2 aromatic rings. The van der Waals surface area contributed by atoms with Gasteiger partial charge in [0.15, 0.2) is 0 Å². The number of phenolic OH excluding ortho intramolecular Hbond substituents is 1. The van der Waals surface area contributed by atoms with Gasteiger partial charge >= 0.3 is 0 Å². The Kier molecular flexibility index (Phi) is 6.72. The number of anilines is 1. The van der Waals surface area contributed by atoms with Crippen LogP contribution in [0.4, 0.5) is 10.1 Å². The normalized spacial score (nSPS) is 20.6. The summed E-state index contributed by atoms with van der Waals surface area (Å²) in [6.45, 7) is 2.66. The first-order valence-electron chi connectivity index (χ1n) is 11.3. The van der Waals surface area contributed by atoms with Crippen molar-refractivity contribution in [3.8, 4) is 11.5 Å². The third-order valence-electron chi connectivity index (χ3n) is 6.68. The minimum atomic E-state index is -0.631. The van der Waals surface area contributed by atoms with Crippen LogP contribution < -0.4 is 15.0 Å². The molecule has 33 heavy (non-hydrogen) atoms. The first-order valence-corrected chi connectivity index (χ1v) is 11.3. The third kappa shape index (κ3) is 5.38. The van der Waals surface area contributed by atoms with E-state index in [2.05, 4.69) is 10.2 Å². The predicted octanol–water partition coefficient (Wildman–Crippen LogP) is 2.86. The first kappa shape index (κ1) is 22.9. The number of benzene rings is 2. The second-order valence-electron chi connectivity index (χ2n) is 8.85. The summed E-state index contributed by atoms with van der Waals surface area (Å²) in [5.74, 6) is 0.441. The van der Waals surface area contributed by atoms with E-state index in [1.807, 2.05) is 17.0 Å². The molecule has 0 radical (unpaired) electrons. The lowest BCUT2D eigenvalue weighted by atomic mass is 9.84. The van der Waals surface area contributed by atoms with Crippen LogP contribution in [0.5, 0.6) is 11.5 Å². The number of methoxy groups -OCH3 is 1. The van der Waals surface area contributed by atoms with Gasteiger partial charge in [-0.3, -0.25) is 9.59 Å². The van der Waals surface area contributed by atoms with Crippen LogP contribution in [-0.2, 0) is 16.0 Å². The maximum atomic E-state index is 14.5. The molecule has 2 saturated heterocycles. The number of hydrogen-bond donors (Lipinski definition) is 2. The number of phenols is 1. The number of aromatic hydroxyl groups is 1.